The normalized spacial score (nSPS) is 11.6. The van der Waals surface area contributed by atoms with E-state index in [4.69, 9.17) is 0 Å². The number of fused-ring (bicyclic) bond motifs is 2. The van der Waals surface area contributed by atoms with Crippen LogP contribution < -0.4 is 24.3 Å². The summed E-state index contributed by atoms with van der Waals surface area (Å²) in [6.45, 7) is 3.52. The molecule has 0 saturated heterocycles. The fourth-order valence-electron chi connectivity index (χ4n) is 7.45. The van der Waals surface area contributed by atoms with Crippen LogP contribution in [0.25, 0.3) is 21.5 Å². The number of rotatable bonds is 16. The van der Waals surface area contributed by atoms with Crippen molar-refractivity contribution >= 4 is 67.0 Å². The number of benzene rings is 6. The minimum Gasteiger partial charge on any atom is -0.506 e. The maximum Gasteiger partial charge on any atom is 0.243 e. The molecular weight excluding hydrogens is 785 g/mol. The molecule has 310 valence electrons. The van der Waals surface area contributed by atoms with Gasteiger partial charge in [-0.1, -0.05) is 60.7 Å². The number of para-hydroxylation sites is 2. The van der Waals surface area contributed by atoms with Gasteiger partial charge in [-0.25, -0.2) is 18.3 Å². The van der Waals surface area contributed by atoms with Gasteiger partial charge in [0.05, 0.1) is 24.5 Å². The first-order chi connectivity index (χ1) is 31.0. The van der Waals surface area contributed by atoms with Gasteiger partial charge < -0.3 is 20.8 Å². The summed E-state index contributed by atoms with van der Waals surface area (Å²) in [6, 6.07) is 46.8. The van der Waals surface area contributed by atoms with Crippen LogP contribution in [0.15, 0.2) is 210 Å². The van der Waals surface area contributed by atoms with Gasteiger partial charge >= 0.3 is 0 Å². The van der Waals surface area contributed by atoms with E-state index in [1.807, 2.05) is 158 Å². The Morgan fingerprint density at radius 2 is 0.905 bits per heavy atom. The number of imidazole rings is 1. The largest absolute Gasteiger partial charge is 0.506 e. The molecule has 6 aromatic carbocycles. The second kappa shape index (κ2) is 19.0. The van der Waals surface area contributed by atoms with Crippen molar-refractivity contribution in [2.75, 3.05) is 10.6 Å². The highest BCUT2D eigenvalue weighted by Gasteiger charge is 2.12. The molecule has 0 saturated carbocycles. The van der Waals surface area contributed by atoms with Crippen LogP contribution in [0.4, 0.5) is 45.5 Å². The molecule has 4 N–H and O–H groups in total. The van der Waals surface area contributed by atoms with E-state index in [1.165, 1.54) is 0 Å². The third kappa shape index (κ3) is 10.2. The molecule has 0 atom stereocenters. The third-order valence-electron chi connectivity index (χ3n) is 10.8. The van der Waals surface area contributed by atoms with Crippen molar-refractivity contribution in [3.8, 4) is 11.5 Å². The lowest BCUT2D eigenvalue weighted by Crippen LogP contribution is -2.37. The van der Waals surface area contributed by atoms with Gasteiger partial charge in [-0.2, -0.15) is 0 Å². The van der Waals surface area contributed by atoms with E-state index in [2.05, 4.69) is 68.1 Å². The number of nitrogens with zero attached hydrogens (tertiary/aromatic N) is 8. The van der Waals surface area contributed by atoms with E-state index in [0.29, 0.717) is 22.7 Å². The predicted octanol–water partition coefficient (Wildman–Crippen LogP) is 11.6. The van der Waals surface area contributed by atoms with Crippen molar-refractivity contribution < 1.29 is 23.9 Å². The molecule has 0 unspecified atom stereocenters. The molecule has 3 aromatic heterocycles. The average Bonchev–Trinajstić information content (AvgIpc) is 3.77. The molecule has 3 heterocycles. The van der Waals surface area contributed by atoms with Gasteiger partial charge in [0.15, 0.2) is 37.9 Å². The summed E-state index contributed by atoms with van der Waals surface area (Å²) in [6.07, 6.45) is 16.4. The minimum absolute atomic E-state index is 0.0816. The molecule has 0 bridgehead atoms. The number of pyridine rings is 2. The van der Waals surface area contributed by atoms with Crippen LogP contribution in [-0.2, 0) is 26.2 Å². The van der Waals surface area contributed by atoms with E-state index < -0.39 is 0 Å². The van der Waals surface area contributed by atoms with E-state index in [-0.39, 0.29) is 11.5 Å². The van der Waals surface area contributed by atoms with Crippen LogP contribution in [-0.4, -0.2) is 14.8 Å². The molecule has 63 heavy (non-hydrogen) atoms. The molecular formula is C51H47N10O2+3. The molecule has 0 fully saturated rings. The lowest BCUT2D eigenvalue weighted by atomic mass is 10.1. The van der Waals surface area contributed by atoms with Crippen LogP contribution in [0.5, 0.6) is 11.5 Å². The zero-order chi connectivity index (χ0) is 42.8. The topological polar surface area (TPSA) is 131 Å². The molecule has 0 aliphatic rings. The standard InChI is InChI=1S/C51H44N10O2/c62-48-19-15-38-13-17-44(52-40-9-3-1-4-10-40)35-46(38)50(48)56-54-42-21-29-58(30-22-42)25-7-27-60-33-34-61(37-60)28-8-26-59-31-23-43(24-32-59)55-57-51-47-36-45(53-41-11-5-2-6-12-41)18-14-39(47)16-20-49(51)63/h1-6,9-24,29-37H,7-8,25-28H2,(H-,52,53,62,63)/p+3. The van der Waals surface area contributed by atoms with Gasteiger partial charge in [-0.15, -0.1) is 20.5 Å². The van der Waals surface area contributed by atoms with Gasteiger partial charge in [0.1, 0.15) is 35.3 Å². The Bertz CT molecular complexity index is 2820. The zero-order valence-electron chi connectivity index (χ0n) is 34.6. The van der Waals surface area contributed by atoms with Gasteiger partial charge in [-0.05, 0) is 71.4 Å². The fourth-order valence-corrected chi connectivity index (χ4v) is 7.45. The summed E-state index contributed by atoms with van der Waals surface area (Å²) in [4.78, 5) is 0. The van der Waals surface area contributed by atoms with Gasteiger partial charge in [0.2, 0.25) is 6.33 Å². The van der Waals surface area contributed by atoms with Gasteiger partial charge in [0.25, 0.3) is 0 Å². The fraction of sp³-hybridized carbons (Fsp3) is 0.118. The second-order valence-electron chi connectivity index (χ2n) is 15.3. The first-order valence-electron chi connectivity index (χ1n) is 21.0. The van der Waals surface area contributed by atoms with Crippen molar-refractivity contribution in [1.29, 1.82) is 0 Å². The quantitative estimate of drug-likeness (QED) is 0.0570. The van der Waals surface area contributed by atoms with E-state index >= 15 is 0 Å². The van der Waals surface area contributed by atoms with Crippen LogP contribution in [0, 0.1) is 0 Å². The Balaban J connectivity index is 0.735. The average molecular weight is 832 g/mol. The molecule has 0 aliphatic carbocycles. The summed E-state index contributed by atoms with van der Waals surface area (Å²) >= 11 is 0. The lowest BCUT2D eigenvalue weighted by molar-refractivity contribution is -0.726. The second-order valence-corrected chi connectivity index (χ2v) is 15.3. The highest BCUT2D eigenvalue weighted by molar-refractivity contribution is 5.98. The number of aryl methyl sites for hydroxylation is 4. The van der Waals surface area contributed by atoms with Crippen molar-refractivity contribution in [1.82, 2.24) is 4.57 Å². The molecule has 9 aromatic rings. The summed E-state index contributed by atoms with van der Waals surface area (Å²) in [5, 5.41) is 49.7. The number of azo groups is 2. The summed E-state index contributed by atoms with van der Waals surface area (Å²) in [5.41, 5.74) is 6.05. The van der Waals surface area contributed by atoms with Crippen LogP contribution in [0.2, 0.25) is 0 Å². The first kappa shape index (κ1) is 40.2. The Morgan fingerprint density at radius 3 is 1.41 bits per heavy atom. The summed E-state index contributed by atoms with van der Waals surface area (Å²) in [5.74, 6) is 0.163. The highest BCUT2D eigenvalue weighted by atomic mass is 16.3. The maximum absolute atomic E-state index is 10.7. The SMILES string of the molecule is Oc1ccc2ccc(Nc3ccccc3)cc2c1N=Nc1cc[n+](CCCn2cc[n+](CCC[n+]3ccc(N=Nc4c(O)ccc5ccc(Nc6ccccc6)cc45)cc3)c2)cc1. The third-order valence-corrected chi connectivity index (χ3v) is 10.8. The number of phenols is 2. The number of phenolic OH excluding ortho intramolecular Hbond substituents is 2. The van der Waals surface area contributed by atoms with Crippen molar-refractivity contribution in [2.45, 2.75) is 39.0 Å². The van der Waals surface area contributed by atoms with Crippen molar-refractivity contribution in [3.05, 3.63) is 189 Å². The highest BCUT2D eigenvalue weighted by Crippen LogP contribution is 2.39. The van der Waals surface area contributed by atoms with Crippen LogP contribution in [0.3, 0.4) is 0 Å². The molecule has 0 aliphatic heterocycles. The molecule has 12 heteroatoms. The Morgan fingerprint density at radius 1 is 0.444 bits per heavy atom. The number of nitrogens with one attached hydrogen (secondary N) is 2. The molecule has 9 rings (SSSR count). The van der Waals surface area contributed by atoms with Gasteiger partial charge in [-0.3, -0.25) is 0 Å². The summed E-state index contributed by atoms with van der Waals surface area (Å²) < 4.78 is 8.74. The van der Waals surface area contributed by atoms with Crippen molar-refractivity contribution in [3.63, 3.8) is 0 Å². The Kier molecular flexibility index (Phi) is 12.1. The number of hydrogen-bond acceptors (Lipinski definition) is 8. The number of hydrogen-bond donors (Lipinski definition) is 4. The van der Waals surface area contributed by atoms with Crippen LogP contribution in [0.1, 0.15) is 12.8 Å². The predicted molar refractivity (Wildman–Crippen MR) is 246 cm³/mol. The maximum atomic E-state index is 10.7. The van der Waals surface area contributed by atoms with Gasteiger partial charge in [0, 0.05) is 70.6 Å². The number of aromatic nitrogens is 4. The van der Waals surface area contributed by atoms with E-state index in [9.17, 15) is 10.2 Å². The molecule has 12 nitrogen and oxygen atoms in total. The first-order valence-corrected chi connectivity index (χ1v) is 21.0. The molecule has 0 radical (unpaired) electrons. The van der Waals surface area contributed by atoms with E-state index in [0.717, 1.165) is 83.3 Å². The summed E-state index contributed by atoms with van der Waals surface area (Å²) in [7, 11) is 0. The Labute approximate surface area is 365 Å². The number of anilines is 4. The monoisotopic (exact) mass is 831 g/mol. The van der Waals surface area contributed by atoms with Crippen molar-refractivity contribution in [2.24, 2.45) is 20.5 Å². The molecule has 0 amide bonds. The minimum atomic E-state index is 0.0816. The Hall–Kier alpha value is -8.25. The van der Waals surface area contributed by atoms with Crippen LogP contribution >= 0.6 is 0 Å². The number of aromatic hydroxyl groups is 2. The van der Waals surface area contributed by atoms with E-state index in [1.54, 1.807) is 12.1 Å². The zero-order valence-corrected chi connectivity index (χ0v) is 34.6. The molecule has 0 spiro atoms. The lowest BCUT2D eigenvalue weighted by Gasteiger charge is -2.09. The smallest absolute Gasteiger partial charge is 0.243 e.